The molecule has 0 fully saturated rings. The van der Waals surface area contributed by atoms with E-state index in [0.717, 1.165) is 33.0 Å². The van der Waals surface area contributed by atoms with E-state index in [2.05, 4.69) is 6.07 Å². The van der Waals surface area contributed by atoms with Crippen molar-refractivity contribution in [3.05, 3.63) is 87.8 Å². The minimum atomic E-state index is -0.405. The fourth-order valence-corrected chi connectivity index (χ4v) is 3.14. The second kappa shape index (κ2) is 6.81. The monoisotopic (exact) mass is 353 g/mol. The van der Waals surface area contributed by atoms with Crippen LogP contribution in [0.2, 0.25) is 0 Å². The number of fused-ring (bicyclic) bond motifs is 3. The highest BCUT2D eigenvalue weighted by Crippen LogP contribution is 2.32. The molecule has 0 atom stereocenters. The first-order valence-electron chi connectivity index (χ1n) is 8.41. The summed E-state index contributed by atoms with van der Waals surface area (Å²) in [5, 5.41) is 11.5. The van der Waals surface area contributed by atoms with E-state index in [1.807, 2.05) is 54.6 Å². The van der Waals surface area contributed by atoms with E-state index in [1.165, 1.54) is 6.07 Å². The van der Waals surface area contributed by atoms with Gasteiger partial charge in [-0.25, -0.2) is 4.79 Å². The Bertz CT molecular complexity index is 1280. The third kappa shape index (κ3) is 3.07. The number of nitrogens with zero attached hydrogens (tertiary/aromatic N) is 1. The zero-order chi connectivity index (χ0) is 18.8. The molecule has 0 aliphatic rings. The summed E-state index contributed by atoms with van der Waals surface area (Å²) in [4.78, 5) is 12.1. The van der Waals surface area contributed by atoms with Gasteiger partial charge in [-0.05, 0) is 41.5 Å². The zero-order valence-corrected chi connectivity index (χ0v) is 14.6. The van der Waals surface area contributed by atoms with Gasteiger partial charge in [-0.15, -0.1) is 0 Å². The molecule has 1 aromatic heterocycles. The Balaban J connectivity index is 1.88. The molecule has 0 aliphatic heterocycles. The number of rotatable bonds is 3. The number of hydrogen-bond donors (Lipinski definition) is 0. The molecular formula is C23H15NO3. The minimum Gasteiger partial charge on any atom is -0.496 e. The molecule has 3 aromatic carbocycles. The van der Waals surface area contributed by atoms with Gasteiger partial charge in [0.1, 0.15) is 11.3 Å². The minimum absolute atomic E-state index is 0.405. The van der Waals surface area contributed by atoms with Gasteiger partial charge < -0.3 is 9.15 Å². The van der Waals surface area contributed by atoms with Gasteiger partial charge in [-0.1, -0.05) is 36.4 Å². The van der Waals surface area contributed by atoms with Crippen LogP contribution in [0.4, 0.5) is 0 Å². The van der Waals surface area contributed by atoms with E-state index in [0.29, 0.717) is 11.1 Å². The standard InChI is InChI=1S/C23H15NO3/c1-26-21-4-2-3-20-19(21)12-11-18-17(13-22(25)27-23(18)20)10-9-15-5-7-16(14-24)8-6-15/h2-13H,1H3/b10-9+. The molecule has 1 heterocycles. The first-order valence-corrected chi connectivity index (χ1v) is 8.41. The predicted molar refractivity (Wildman–Crippen MR) is 107 cm³/mol. The first kappa shape index (κ1) is 16.6. The van der Waals surface area contributed by atoms with Crippen molar-refractivity contribution in [2.24, 2.45) is 0 Å². The molecule has 0 radical (unpaired) electrons. The summed E-state index contributed by atoms with van der Waals surface area (Å²) in [6.45, 7) is 0. The summed E-state index contributed by atoms with van der Waals surface area (Å²) in [6.07, 6.45) is 3.79. The van der Waals surface area contributed by atoms with Gasteiger partial charge in [0, 0.05) is 22.2 Å². The second-order valence-corrected chi connectivity index (χ2v) is 6.09. The topological polar surface area (TPSA) is 63.2 Å². The van der Waals surface area contributed by atoms with Crippen LogP contribution >= 0.6 is 0 Å². The lowest BCUT2D eigenvalue weighted by atomic mass is 10.0. The fourth-order valence-electron chi connectivity index (χ4n) is 3.14. The van der Waals surface area contributed by atoms with Crippen molar-refractivity contribution in [1.29, 1.82) is 5.26 Å². The van der Waals surface area contributed by atoms with Crippen LogP contribution in [0, 0.1) is 11.3 Å². The molecule has 0 saturated heterocycles. The molecule has 0 spiro atoms. The maximum absolute atomic E-state index is 12.1. The Morgan fingerprint density at radius 3 is 2.48 bits per heavy atom. The van der Waals surface area contributed by atoms with Crippen LogP contribution in [0.15, 0.2) is 69.9 Å². The van der Waals surface area contributed by atoms with Gasteiger partial charge in [0.25, 0.3) is 0 Å². The van der Waals surface area contributed by atoms with Crippen LogP contribution in [-0.2, 0) is 0 Å². The molecule has 4 rings (SSSR count). The lowest BCUT2D eigenvalue weighted by Gasteiger charge is -2.08. The number of hydrogen-bond acceptors (Lipinski definition) is 4. The molecule has 0 saturated carbocycles. The Labute approximate surface area is 155 Å². The Morgan fingerprint density at radius 2 is 1.74 bits per heavy atom. The summed E-state index contributed by atoms with van der Waals surface area (Å²) in [7, 11) is 1.62. The number of methoxy groups -OCH3 is 1. The summed E-state index contributed by atoms with van der Waals surface area (Å²) in [6, 6.07) is 20.4. The molecule has 0 aliphatic carbocycles. The molecule has 4 heteroatoms. The van der Waals surface area contributed by atoms with Gasteiger partial charge >= 0.3 is 5.63 Å². The second-order valence-electron chi connectivity index (χ2n) is 6.09. The zero-order valence-electron chi connectivity index (χ0n) is 14.6. The number of nitriles is 1. The van der Waals surface area contributed by atoms with Crippen LogP contribution in [0.25, 0.3) is 33.9 Å². The molecule has 27 heavy (non-hydrogen) atoms. The molecule has 4 aromatic rings. The third-order valence-corrected chi connectivity index (χ3v) is 4.47. The predicted octanol–water partition coefficient (Wildman–Crippen LogP) is 5.00. The maximum atomic E-state index is 12.1. The van der Waals surface area contributed by atoms with E-state index in [-0.39, 0.29) is 0 Å². The van der Waals surface area contributed by atoms with E-state index in [4.69, 9.17) is 14.4 Å². The largest absolute Gasteiger partial charge is 0.496 e. The van der Waals surface area contributed by atoms with Crippen molar-refractivity contribution >= 4 is 33.9 Å². The van der Waals surface area contributed by atoms with Gasteiger partial charge in [-0.3, -0.25) is 0 Å². The average molecular weight is 353 g/mol. The van der Waals surface area contributed by atoms with E-state index in [1.54, 1.807) is 19.2 Å². The number of benzene rings is 3. The summed E-state index contributed by atoms with van der Waals surface area (Å²) in [5.41, 5.74) is 2.46. The van der Waals surface area contributed by atoms with Crippen molar-refractivity contribution in [2.45, 2.75) is 0 Å². The highest BCUT2D eigenvalue weighted by Gasteiger charge is 2.10. The van der Waals surface area contributed by atoms with Crippen molar-refractivity contribution in [3.8, 4) is 11.8 Å². The molecule has 0 unspecified atom stereocenters. The maximum Gasteiger partial charge on any atom is 0.336 e. The molecule has 130 valence electrons. The summed E-state index contributed by atoms with van der Waals surface area (Å²) in [5.74, 6) is 0.732. The van der Waals surface area contributed by atoms with Crippen molar-refractivity contribution in [3.63, 3.8) is 0 Å². The van der Waals surface area contributed by atoms with Gasteiger partial charge in [0.15, 0.2) is 0 Å². The molecule has 0 bridgehead atoms. The highest BCUT2D eigenvalue weighted by molar-refractivity contribution is 6.08. The molecule has 4 nitrogen and oxygen atoms in total. The molecule has 0 amide bonds. The smallest absolute Gasteiger partial charge is 0.336 e. The van der Waals surface area contributed by atoms with Gasteiger partial charge in [-0.2, -0.15) is 5.26 Å². The molecular weight excluding hydrogens is 338 g/mol. The van der Waals surface area contributed by atoms with Crippen LogP contribution in [0.1, 0.15) is 16.7 Å². The van der Waals surface area contributed by atoms with Gasteiger partial charge in [0.2, 0.25) is 0 Å². The highest BCUT2D eigenvalue weighted by atomic mass is 16.5. The van der Waals surface area contributed by atoms with Crippen LogP contribution in [-0.4, -0.2) is 7.11 Å². The van der Waals surface area contributed by atoms with Crippen molar-refractivity contribution in [2.75, 3.05) is 7.11 Å². The number of ether oxygens (including phenoxy) is 1. The first-order chi connectivity index (χ1) is 13.2. The van der Waals surface area contributed by atoms with Crippen LogP contribution < -0.4 is 10.4 Å². The van der Waals surface area contributed by atoms with E-state index < -0.39 is 5.63 Å². The third-order valence-electron chi connectivity index (χ3n) is 4.47. The van der Waals surface area contributed by atoms with E-state index >= 15 is 0 Å². The van der Waals surface area contributed by atoms with Crippen LogP contribution in [0.5, 0.6) is 5.75 Å². The van der Waals surface area contributed by atoms with Crippen molar-refractivity contribution in [1.82, 2.24) is 0 Å². The lowest BCUT2D eigenvalue weighted by Crippen LogP contribution is -1.98. The normalized spacial score (nSPS) is 11.1. The summed E-state index contributed by atoms with van der Waals surface area (Å²) >= 11 is 0. The van der Waals surface area contributed by atoms with Gasteiger partial charge in [0.05, 0.1) is 18.7 Å². The van der Waals surface area contributed by atoms with Crippen LogP contribution in [0.3, 0.4) is 0 Å². The Hall–Kier alpha value is -3.84. The lowest BCUT2D eigenvalue weighted by molar-refractivity contribution is 0.420. The fraction of sp³-hybridized carbons (Fsp3) is 0.0435. The molecule has 0 N–H and O–H groups in total. The Kier molecular flexibility index (Phi) is 4.19. The summed E-state index contributed by atoms with van der Waals surface area (Å²) < 4.78 is 10.9. The quantitative estimate of drug-likeness (QED) is 0.384. The average Bonchev–Trinajstić information content (AvgIpc) is 2.71. The SMILES string of the molecule is COc1cccc2c1ccc1c(/C=C/c3ccc(C#N)cc3)cc(=O)oc12. The van der Waals surface area contributed by atoms with Crippen molar-refractivity contribution < 1.29 is 9.15 Å². The van der Waals surface area contributed by atoms with E-state index in [9.17, 15) is 4.79 Å². The Morgan fingerprint density at radius 1 is 0.963 bits per heavy atom.